The molecule has 4 aromatic rings. The molecule has 128 valence electrons. The molecular weight excluding hydrogens is 348 g/mol. The van der Waals surface area contributed by atoms with Crippen molar-refractivity contribution in [2.45, 2.75) is 0 Å². The van der Waals surface area contributed by atoms with E-state index in [9.17, 15) is 0 Å². The minimum absolute atomic E-state index is 0.486. The van der Waals surface area contributed by atoms with Crippen LogP contribution in [0, 0.1) is 0 Å². The second kappa shape index (κ2) is 7.02. The van der Waals surface area contributed by atoms with E-state index >= 15 is 0 Å². The maximum atomic E-state index is 6.21. The molecular formula is C21H15ClN2O2. The number of aromatic nitrogens is 2. The first-order chi connectivity index (χ1) is 12.7. The fourth-order valence-electron chi connectivity index (χ4n) is 2.74. The van der Waals surface area contributed by atoms with Gasteiger partial charge < -0.3 is 9.47 Å². The Hall–Kier alpha value is -3.11. The first-order valence-electron chi connectivity index (χ1n) is 8.06. The predicted octanol–water partition coefficient (Wildman–Crippen LogP) is 5.75. The van der Waals surface area contributed by atoms with E-state index in [0.29, 0.717) is 22.4 Å². The molecule has 0 aliphatic heterocycles. The average Bonchev–Trinajstić information content (AvgIpc) is 2.69. The van der Waals surface area contributed by atoms with Gasteiger partial charge in [-0.3, -0.25) is 4.98 Å². The van der Waals surface area contributed by atoms with Gasteiger partial charge in [-0.1, -0.05) is 29.8 Å². The standard InChI is InChI=1S/C21H15ClN2O2/c1-25-20-7-6-16(13-18(20)22)26-21-17-5-3-2-4-15(17)12-19(24-21)14-8-10-23-11-9-14/h2-13H,1H3. The van der Waals surface area contributed by atoms with Crippen molar-refractivity contribution in [2.75, 3.05) is 7.11 Å². The van der Waals surface area contributed by atoms with Gasteiger partial charge in [0, 0.05) is 29.4 Å². The molecule has 2 heterocycles. The molecule has 0 bridgehead atoms. The lowest BCUT2D eigenvalue weighted by Crippen LogP contribution is -1.93. The van der Waals surface area contributed by atoms with Gasteiger partial charge in [0.2, 0.25) is 5.88 Å². The SMILES string of the molecule is COc1ccc(Oc2nc(-c3ccncc3)cc3ccccc23)cc1Cl. The van der Waals surface area contributed by atoms with Crippen molar-refractivity contribution in [3.8, 4) is 28.6 Å². The average molecular weight is 363 g/mol. The highest BCUT2D eigenvalue weighted by atomic mass is 35.5. The van der Waals surface area contributed by atoms with Gasteiger partial charge in [0.25, 0.3) is 0 Å². The number of hydrogen-bond donors (Lipinski definition) is 0. The van der Waals surface area contributed by atoms with Crippen LogP contribution in [-0.2, 0) is 0 Å². The van der Waals surface area contributed by atoms with E-state index in [1.54, 1.807) is 37.7 Å². The van der Waals surface area contributed by atoms with Crippen LogP contribution in [-0.4, -0.2) is 17.1 Å². The summed E-state index contributed by atoms with van der Waals surface area (Å²) in [4.78, 5) is 8.78. The first-order valence-corrected chi connectivity index (χ1v) is 8.44. The van der Waals surface area contributed by atoms with Crippen molar-refractivity contribution in [1.29, 1.82) is 0 Å². The Morgan fingerprint density at radius 1 is 0.923 bits per heavy atom. The molecule has 0 amide bonds. The van der Waals surface area contributed by atoms with Crippen LogP contribution in [0.5, 0.6) is 17.4 Å². The molecule has 0 N–H and O–H groups in total. The van der Waals surface area contributed by atoms with Crippen molar-refractivity contribution in [1.82, 2.24) is 9.97 Å². The second-order valence-corrected chi connectivity index (χ2v) is 6.08. The van der Waals surface area contributed by atoms with Gasteiger partial charge in [-0.15, -0.1) is 0 Å². The van der Waals surface area contributed by atoms with Crippen LogP contribution in [0.15, 0.2) is 73.1 Å². The molecule has 26 heavy (non-hydrogen) atoms. The third-order valence-corrected chi connectivity index (χ3v) is 4.31. The Morgan fingerprint density at radius 3 is 2.50 bits per heavy atom. The number of halogens is 1. The summed E-state index contributed by atoms with van der Waals surface area (Å²) in [7, 11) is 1.58. The summed E-state index contributed by atoms with van der Waals surface area (Å²) in [6, 6.07) is 19.2. The summed E-state index contributed by atoms with van der Waals surface area (Å²) < 4.78 is 11.3. The largest absolute Gasteiger partial charge is 0.495 e. The number of rotatable bonds is 4. The smallest absolute Gasteiger partial charge is 0.227 e. The summed E-state index contributed by atoms with van der Waals surface area (Å²) >= 11 is 6.21. The summed E-state index contributed by atoms with van der Waals surface area (Å²) in [6.45, 7) is 0. The molecule has 0 unspecified atom stereocenters. The maximum Gasteiger partial charge on any atom is 0.227 e. The van der Waals surface area contributed by atoms with E-state index in [2.05, 4.69) is 4.98 Å². The van der Waals surface area contributed by atoms with Crippen LogP contribution in [0.4, 0.5) is 0 Å². The van der Waals surface area contributed by atoms with Gasteiger partial charge in [0.15, 0.2) is 0 Å². The van der Waals surface area contributed by atoms with Crippen molar-refractivity contribution in [2.24, 2.45) is 0 Å². The molecule has 2 aromatic heterocycles. The molecule has 0 saturated carbocycles. The molecule has 4 nitrogen and oxygen atoms in total. The number of pyridine rings is 2. The Balaban J connectivity index is 1.82. The van der Waals surface area contributed by atoms with Gasteiger partial charge in [-0.2, -0.15) is 0 Å². The highest BCUT2D eigenvalue weighted by Gasteiger charge is 2.11. The van der Waals surface area contributed by atoms with E-state index in [1.807, 2.05) is 42.5 Å². The van der Waals surface area contributed by atoms with Gasteiger partial charge in [0.1, 0.15) is 11.5 Å². The minimum atomic E-state index is 0.486. The molecule has 5 heteroatoms. The second-order valence-electron chi connectivity index (χ2n) is 5.67. The van der Waals surface area contributed by atoms with E-state index in [-0.39, 0.29) is 0 Å². The monoisotopic (exact) mass is 362 g/mol. The predicted molar refractivity (Wildman–Crippen MR) is 103 cm³/mol. The highest BCUT2D eigenvalue weighted by Crippen LogP contribution is 2.34. The van der Waals surface area contributed by atoms with E-state index in [1.165, 1.54) is 0 Å². The zero-order valence-electron chi connectivity index (χ0n) is 14.0. The van der Waals surface area contributed by atoms with Crippen LogP contribution in [0.25, 0.3) is 22.0 Å². The Kier molecular flexibility index (Phi) is 4.42. The topological polar surface area (TPSA) is 44.2 Å². The maximum absolute atomic E-state index is 6.21. The molecule has 0 fully saturated rings. The van der Waals surface area contributed by atoms with Crippen LogP contribution < -0.4 is 9.47 Å². The number of fused-ring (bicyclic) bond motifs is 1. The van der Waals surface area contributed by atoms with Gasteiger partial charge in [-0.05, 0) is 41.8 Å². The number of nitrogens with zero attached hydrogens (tertiary/aromatic N) is 2. The lowest BCUT2D eigenvalue weighted by Gasteiger charge is -2.12. The normalized spacial score (nSPS) is 10.7. The van der Waals surface area contributed by atoms with Crippen molar-refractivity contribution in [3.05, 3.63) is 78.1 Å². The number of benzene rings is 2. The Morgan fingerprint density at radius 2 is 1.73 bits per heavy atom. The van der Waals surface area contributed by atoms with Gasteiger partial charge in [-0.25, -0.2) is 4.98 Å². The number of methoxy groups -OCH3 is 1. The molecule has 0 radical (unpaired) electrons. The minimum Gasteiger partial charge on any atom is -0.495 e. The molecule has 4 rings (SSSR count). The fraction of sp³-hybridized carbons (Fsp3) is 0.0476. The zero-order valence-corrected chi connectivity index (χ0v) is 14.8. The lowest BCUT2D eigenvalue weighted by atomic mass is 10.1. The molecule has 0 aliphatic rings. The van der Waals surface area contributed by atoms with Crippen molar-refractivity contribution in [3.63, 3.8) is 0 Å². The number of hydrogen-bond acceptors (Lipinski definition) is 4. The highest BCUT2D eigenvalue weighted by molar-refractivity contribution is 6.32. The fourth-order valence-corrected chi connectivity index (χ4v) is 2.99. The summed E-state index contributed by atoms with van der Waals surface area (Å²) in [5.41, 5.74) is 1.80. The van der Waals surface area contributed by atoms with Crippen molar-refractivity contribution >= 4 is 22.4 Å². The Bertz CT molecular complexity index is 1070. The molecule has 0 spiro atoms. The van der Waals surface area contributed by atoms with Crippen LogP contribution in [0.3, 0.4) is 0 Å². The van der Waals surface area contributed by atoms with Gasteiger partial charge in [0.05, 0.1) is 17.8 Å². The van der Waals surface area contributed by atoms with Crippen LogP contribution in [0.1, 0.15) is 0 Å². The van der Waals surface area contributed by atoms with E-state index in [4.69, 9.17) is 26.1 Å². The van der Waals surface area contributed by atoms with Crippen LogP contribution >= 0.6 is 11.6 Å². The van der Waals surface area contributed by atoms with Crippen molar-refractivity contribution < 1.29 is 9.47 Å². The lowest BCUT2D eigenvalue weighted by molar-refractivity contribution is 0.412. The quantitative estimate of drug-likeness (QED) is 0.463. The van der Waals surface area contributed by atoms with Crippen LogP contribution in [0.2, 0.25) is 5.02 Å². The third kappa shape index (κ3) is 3.19. The molecule has 0 saturated heterocycles. The first kappa shape index (κ1) is 16.4. The molecule has 0 aliphatic carbocycles. The summed E-state index contributed by atoms with van der Waals surface area (Å²) in [5, 5.41) is 2.46. The Labute approximate surface area is 156 Å². The summed E-state index contributed by atoms with van der Waals surface area (Å²) in [5.74, 6) is 1.72. The molecule has 0 atom stereocenters. The molecule has 2 aromatic carbocycles. The van der Waals surface area contributed by atoms with E-state index in [0.717, 1.165) is 22.0 Å². The third-order valence-electron chi connectivity index (χ3n) is 4.02. The number of ether oxygens (including phenoxy) is 2. The summed E-state index contributed by atoms with van der Waals surface area (Å²) in [6.07, 6.45) is 3.49. The zero-order chi connectivity index (χ0) is 17.9. The van der Waals surface area contributed by atoms with Gasteiger partial charge >= 0.3 is 0 Å². The van der Waals surface area contributed by atoms with E-state index < -0.39 is 0 Å².